The van der Waals surface area contributed by atoms with Gasteiger partial charge in [-0.3, -0.25) is 9.59 Å². The maximum Gasteiger partial charge on any atom is 0.249 e. The van der Waals surface area contributed by atoms with Crippen LogP contribution in [0.4, 0.5) is 0 Å². The van der Waals surface area contributed by atoms with Crippen molar-refractivity contribution in [2.75, 3.05) is 7.05 Å². The molecule has 0 radical (unpaired) electrons. The zero-order valence-electron chi connectivity index (χ0n) is 14.7. The molecule has 1 N–H and O–H groups in total. The summed E-state index contributed by atoms with van der Waals surface area (Å²) in [6.07, 6.45) is 0.380. The average Bonchev–Trinajstić information content (AvgIpc) is 2.97. The summed E-state index contributed by atoms with van der Waals surface area (Å²) in [6, 6.07) is 12.2. The number of nitrogens with zero attached hydrogens (tertiary/aromatic N) is 1. The quantitative estimate of drug-likeness (QED) is 0.757. The molecule has 0 saturated carbocycles. The fraction of sp³-hybridized carbons (Fsp3) is 0.368. The van der Waals surface area contributed by atoms with Crippen LogP contribution in [0.1, 0.15) is 37.6 Å². The average molecular weight is 407 g/mol. The van der Waals surface area contributed by atoms with Crippen molar-refractivity contribution in [3.63, 3.8) is 0 Å². The van der Waals surface area contributed by atoms with Crippen molar-refractivity contribution >= 4 is 27.7 Å². The first kappa shape index (κ1) is 19.2. The zero-order chi connectivity index (χ0) is 18.4. The molecule has 6 heteroatoms. The van der Waals surface area contributed by atoms with Crippen LogP contribution < -0.4 is 5.32 Å². The third-order valence-electron chi connectivity index (χ3n) is 3.68. The summed E-state index contributed by atoms with van der Waals surface area (Å²) >= 11 is 3.25. The fourth-order valence-electron chi connectivity index (χ4n) is 2.49. The van der Waals surface area contributed by atoms with Gasteiger partial charge in [0.05, 0.1) is 6.54 Å². The van der Waals surface area contributed by atoms with Crippen LogP contribution in [0, 0.1) is 5.92 Å². The SMILES string of the molecule is CC(C)CC(=O)NC(C(=O)N(C)Cc1ccc(Br)o1)c1ccccc1. The van der Waals surface area contributed by atoms with Crippen LogP contribution in [0.25, 0.3) is 0 Å². The van der Waals surface area contributed by atoms with Gasteiger partial charge in [0, 0.05) is 13.5 Å². The number of carbonyl (C=O) groups is 2. The summed E-state index contributed by atoms with van der Waals surface area (Å²) in [5, 5.41) is 2.87. The van der Waals surface area contributed by atoms with Crippen LogP contribution in [0.5, 0.6) is 0 Å². The highest BCUT2D eigenvalue weighted by atomic mass is 79.9. The number of hydrogen-bond acceptors (Lipinski definition) is 3. The van der Waals surface area contributed by atoms with Crippen LogP contribution >= 0.6 is 15.9 Å². The maximum absolute atomic E-state index is 12.9. The molecule has 2 aromatic rings. The van der Waals surface area contributed by atoms with E-state index in [0.29, 0.717) is 23.4 Å². The first-order valence-electron chi connectivity index (χ1n) is 8.20. The predicted molar refractivity (Wildman–Crippen MR) is 99.7 cm³/mol. The largest absolute Gasteiger partial charge is 0.452 e. The monoisotopic (exact) mass is 406 g/mol. The van der Waals surface area contributed by atoms with Crippen molar-refractivity contribution in [2.45, 2.75) is 32.9 Å². The van der Waals surface area contributed by atoms with Gasteiger partial charge in [-0.15, -0.1) is 0 Å². The Morgan fingerprint density at radius 2 is 1.84 bits per heavy atom. The fourth-order valence-corrected chi connectivity index (χ4v) is 2.83. The topological polar surface area (TPSA) is 62.6 Å². The molecule has 2 rings (SSSR count). The molecule has 1 heterocycles. The number of rotatable bonds is 7. The Labute approximate surface area is 156 Å². The number of benzene rings is 1. The van der Waals surface area contributed by atoms with E-state index in [1.807, 2.05) is 50.2 Å². The summed E-state index contributed by atoms with van der Waals surface area (Å²) in [6.45, 7) is 4.27. The number of carbonyl (C=O) groups excluding carboxylic acids is 2. The molecule has 0 bridgehead atoms. The highest BCUT2D eigenvalue weighted by Gasteiger charge is 2.26. The Morgan fingerprint density at radius 3 is 2.40 bits per heavy atom. The van der Waals surface area contributed by atoms with Crippen molar-refractivity contribution in [2.24, 2.45) is 5.92 Å². The first-order chi connectivity index (χ1) is 11.9. The lowest BCUT2D eigenvalue weighted by Crippen LogP contribution is -2.41. The molecule has 0 aliphatic heterocycles. The predicted octanol–water partition coefficient (Wildman–Crippen LogP) is 3.90. The van der Waals surface area contributed by atoms with E-state index in [0.717, 1.165) is 5.56 Å². The van der Waals surface area contributed by atoms with Gasteiger partial charge in [0.15, 0.2) is 4.67 Å². The van der Waals surface area contributed by atoms with Gasteiger partial charge in [-0.2, -0.15) is 0 Å². The molecule has 0 fully saturated rings. The van der Waals surface area contributed by atoms with Gasteiger partial charge >= 0.3 is 0 Å². The molecular formula is C19H23BrN2O3. The Kier molecular flexibility index (Phi) is 6.82. The van der Waals surface area contributed by atoms with Gasteiger partial charge < -0.3 is 14.6 Å². The molecule has 0 spiro atoms. The number of hydrogen-bond donors (Lipinski definition) is 1. The molecule has 25 heavy (non-hydrogen) atoms. The molecule has 5 nitrogen and oxygen atoms in total. The van der Waals surface area contributed by atoms with Gasteiger partial charge in [0.1, 0.15) is 11.8 Å². The van der Waals surface area contributed by atoms with Gasteiger partial charge in [0.2, 0.25) is 11.8 Å². The van der Waals surface area contributed by atoms with Crippen LogP contribution in [-0.4, -0.2) is 23.8 Å². The number of nitrogens with one attached hydrogen (secondary N) is 1. The number of halogens is 1. The summed E-state index contributed by atoms with van der Waals surface area (Å²) in [5.74, 6) is 0.579. The van der Waals surface area contributed by atoms with E-state index in [2.05, 4.69) is 21.2 Å². The minimum Gasteiger partial charge on any atom is -0.452 e. The van der Waals surface area contributed by atoms with Crippen molar-refractivity contribution < 1.29 is 14.0 Å². The first-order valence-corrected chi connectivity index (χ1v) is 8.99. The second kappa shape index (κ2) is 8.85. The van der Waals surface area contributed by atoms with Crippen LogP contribution in [0.15, 0.2) is 51.6 Å². The van der Waals surface area contributed by atoms with Gasteiger partial charge in [-0.1, -0.05) is 44.2 Å². The van der Waals surface area contributed by atoms with Crippen LogP contribution in [0.3, 0.4) is 0 Å². The molecule has 2 amide bonds. The Morgan fingerprint density at radius 1 is 1.16 bits per heavy atom. The number of likely N-dealkylation sites (N-methyl/N-ethyl adjacent to an activating group) is 1. The van der Waals surface area contributed by atoms with Crippen molar-refractivity contribution in [3.05, 3.63) is 58.5 Å². The maximum atomic E-state index is 12.9. The van der Waals surface area contributed by atoms with Gasteiger partial charge in [-0.25, -0.2) is 0 Å². The van der Waals surface area contributed by atoms with E-state index in [1.165, 1.54) is 0 Å². The molecule has 0 saturated heterocycles. The van der Waals surface area contributed by atoms with Crippen molar-refractivity contribution in [1.29, 1.82) is 0 Å². The molecule has 1 atom stereocenters. The molecule has 134 valence electrons. The molecule has 0 aliphatic rings. The van der Waals surface area contributed by atoms with Crippen molar-refractivity contribution in [3.8, 4) is 0 Å². The van der Waals surface area contributed by atoms with E-state index >= 15 is 0 Å². The normalized spacial score (nSPS) is 12.0. The van der Waals surface area contributed by atoms with Gasteiger partial charge in [0.25, 0.3) is 0 Å². The molecular weight excluding hydrogens is 384 g/mol. The van der Waals surface area contributed by atoms with E-state index in [-0.39, 0.29) is 17.7 Å². The zero-order valence-corrected chi connectivity index (χ0v) is 16.2. The summed E-state index contributed by atoms with van der Waals surface area (Å²) in [5.41, 5.74) is 0.761. The van der Waals surface area contributed by atoms with E-state index in [9.17, 15) is 9.59 Å². The Hall–Kier alpha value is -2.08. The van der Waals surface area contributed by atoms with Crippen LogP contribution in [-0.2, 0) is 16.1 Å². The lowest BCUT2D eigenvalue weighted by Gasteiger charge is -2.24. The number of amides is 2. The van der Waals surface area contributed by atoms with Crippen molar-refractivity contribution in [1.82, 2.24) is 10.2 Å². The molecule has 0 aliphatic carbocycles. The van der Waals surface area contributed by atoms with Gasteiger partial charge in [-0.05, 0) is 39.5 Å². The molecule has 1 aromatic heterocycles. The summed E-state index contributed by atoms with van der Waals surface area (Å²) in [4.78, 5) is 26.7. The number of furan rings is 1. The smallest absolute Gasteiger partial charge is 0.249 e. The minimum absolute atomic E-state index is 0.133. The second-order valence-corrected chi connectivity index (χ2v) is 7.19. The highest BCUT2D eigenvalue weighted by molar-refractivity contribution is 9.10. The van der Waals surface area contributed by atoms with E-state index < -0.39 is 6.04 Å². The van der Waals surface area contributed by atoms with Crippen LogP contribution in [0.2, 0.25) is 0 Å². The molecule has 1 unspecified atom stereocenters. The lowest BCUT2D eigenvalue weighted by atomic mass is 10.0. The Balaban J connectivity index is 2.15. The standard InChI is InChI=1S/C19H23BrN2O3/c1-13(2)11-17(23)21-18(14-7-5-4-6-8-14)19(24)22(3)12-15-9-10-16(20)25-15/h4-10,13,18H,11-12H2,1-3H3,(H,21,23). The second-order valence-electron chi connectivity index (χ2n) is 6.41. The summed E-state index contributed by atoms with van der Waals surface area (Å²) < 4.78 is 6.08. The third-order valence-corrected chi connectivity index (χ3v) is 4.10. The van der Waals surface area contributed by atoms with E-state index in [4.69, 9.17) is 4.42 Å². The highest BCUT2D eigenvalue weighted by Crippen LogP contribution is 2.19. The third kappa shape index (κ3) is 5.74. The Bertz CT molecular complexity index is 712. The molecule has 1 aromatic carbocycles. The van der Waals surface area contributed by atoms with E-state index in [1.54, 1.807) is 18.0 Å². The summed E-state index contributed by atoms with van der Waals surface area (Å²) in [7, 11) is 1.70. The minimum atomic E-state index is -0.712. The lowest BCUT2D eigenvalue weighted by molar-refractivity contribution is -0.136.